The largest absolute Gasteiger partial charge is 0.379 e. The van der Waals surface area contributed by atoms with Crippen molar-refractivity contribution in [3.63, 3.8) is 0 Å². The molecular weight excluding hydrogens is 304 g/mol. The van der Waals surface area contributed by atoms with Crippen LogP contribution in [-0.4, -0.2) is 15.2 Å². The Balaban J connectivity index is 1.91. The molecule has 0 unspecified atom stereocenters. The summed E-state index contributed by atoms with van der Waals surface area (Å²) in [5.41, 5.74) is 4.26. The Morgan fingerprint density at radius 1 is 1.32 bits per heavy atom. The Hall–Kier alpha value is -1.88. The standard InChI is InChI=1S/C14H13BrN4/c1-9-11(7-18-19-9)6-16-13-4-2-3-10-5-12(15)8-17-14(10)13/h2-5,7-8,16H,6H2,1H3,(H,18,19). The van der Waals surface area contributed by atoms with Gasteiger partial charge in [-0.05, 0) is 35.0 Å². The molecular formula is C14H13BrN4. The van der Waals surface area contributed by atoms with Crippen LogP contribution in [0.15, 0.2) is 41.1 Å². The van der Waals surface area contributed by atoms with E-state index in [0.717, 1.165) is 38.9 Å². The molecule has 3 rings (SSSR count). The summed E-state index contributed by atoms with van der Waals surface area (Å²) in [5, 5.41) is 11.5. The van der Waals surface area contributed by atoms with Gasteiger partial charge in [-0.2, -0.15) is 5.10 Å². The Labute approximate surface area is 119 Å². The second-order valence-corrected chi connectivity index (χ2v) is 5.32. The Morgan fingerprint density at radius 2 is 2.21 bits per heavy atom. The molecule has 96 valence electrons. The van der Waals surface area contributed by atoms with Crippen molar-refractivity contribution in [2.45, 2.75) is 13.5 Å². The van der Waals surface area contributed by atoms with Gasteiger partial charge < -0.3 is 5.32 Å². The van der Waals surface area contributed by atoms with Gasteiger partial charge in [0.1, 0.15) is 0 Å². The van der Waals surface area contributed by atoms with Crippen LogP contribution >= 0.6 is 15.9 Å². The third-order valence-corrected chi connectivity index (χ3v) is 3.51. The number of rotatable bonds is 3. The summed E-state index contributed by atoms with van der Waals surface area (Å²) in [5.74, 6) is 0. The van der Waals surface area contributed by atoms with E-state index in [9.17, 15) is 0 Å². The molecule has 0 saturated heterocycles. The van der Waals surface area contributed by atoms with Gasteiger partial charge in [-0.3, -0.25) is 10.1 Å². The lowest BCUT2D eigenvalue weighted by molar-refractivity contribution is 1.04. The van der Waals surface area contributed by atoms with E-state index in [1.807, 2.05) is 31.5 Å². The van der Waals surface area contributed by atoms with Crippen LogP contribution in [0.1, 0.15) is 11.3 Å². The number of nitrogens with one attached hydrogen (secondary N) is 2. The number of nitrogens with zero attached hydrogens (tertiary/aromatic N) is 2. The zero-order valence-electron chi connectivity index (χ0n) is 10.4. The first-order valence-electron chi connectivity index (χ1n) is 6.01. The highest BCUT2D eigenvalue weighted by Crippen LogP contribution is 2.24. The number of para-hydroxylation sites is 1. The summed E-state index contributed by atoms with van der Waals surface area (Å²) in [7, 11) is 0. The molecule has 0 saturated carbocycles. The molecule has 2 N–H and O–H groups in total. The van der Waals surface area contributed by atoms with Gasteiger partial charge >= 0.3 is 0 Å². The monoisotopic (exact) mass is 316 g/mol. The molecule has 2 aromatic heterocycles. The SMILES string of the molecule is Cc1[nH]ncc1CNc1cccc2cc(Br)cnc12. The number of pyridine rings is 1. The van der Waals surface area contributed by atoms with Crippen LogP contribution in [0.25, 0.3) is 10.9 Å². The van der Waals surface area contributed by atoms with Crippen LogP contribution in [0.3, 0.4) is 0 Å². The maximum Gasteiger partial charge on any atom is 0.0934 e. The van der Waals surface area contributed by atoms with E-state index in [2.05, 4.69) is 48.6 Å². The normalized spacial score (nSPS) is 10.8. The molecule has 0 aliphatic carbocycles. The molecule has 0 aliphatic rings. The average molecular weight is 317 g/mol. The van der Waals surface area contributed by atoms with Crippen LogP contribution in [0, 0.1) is 6.92 Å². The number of hydrogen-bond acceptors (Lipinski definition) is 3. The van der Waals surface area contributed by atoms with E-state index in [1.165, 1.54) is 0 Å². The summed E-state index contributed by atoms with van der Waals surface area (Å²) in [6.07, 6.45) is 3.66. The fraction of sp³-hybridized carbons (Fsp3) is 0.143. The topological polar surface area (TPSA) is 53.6 Å². The first-order chi connectivity index (χ1) is 9.24. The maximum absolute atomic E-state index is 4.47. The van der Waals surface area contributed by atoms with Crippen molar-refractivity contribution in [1.82, 2.24) is 15.2 Å². The van der Waals surface area contributed by atoms with Crippen molar-refractivity contribution in [3.8, 4) is 0 Å². The molecule has 0 radical (unpaired) electrons. The Kier molecular flexibility index (Phi) is 3.21. The average Bonchev–Trinajstić information content (AvgIpc) is 2.81. The van der Waals surface area contributed by atoms with E-state index in [-0.39, 0.29) is 0 Å². The number of fused-ring (bicyclic) bond motifs is 1. The molecule has 0 fully saturated rings. The van der Waals surface area contributed by atoms with Gasteiger partial charge in [-0.25, -0.2) is 0 Å². The molecule has 2 heterocycles. The minimum absolute atomic E-state index is 0.735. The van der Waals surface area contributed by atoms with Gasteiger partial charge in [0.2, 0.25) is 0 Å². The molecule has 3 aromatic rings. The quantitative estimate of drug-likeness (QED) is 0.775. The fourth-order valence-electron chi connectivity index (χ4n) is 2.02. The Morgan fingerprint density at radius 3 is 3.00 bits per heavy atom. The molecule has 0 aliphatic heterocycles. The van der Waals surface area contributed by atoms with Crippen molar-refractivity contribution in [3.05, 3.63) is 52.4 Å². The summed E-state index contributed by atoms with van der Waals surface area (Å²) < 4.78 is 0.989. The van der Waals surface area contributed by atoms with Crippen LogP contribution in [0.4, 0.5) is 5.69 Å². The number of hydrogen-bond donors (Lipinski definition) is 2. The number of aromatic nitrogens is 3. The van der Waals surface area contributed by atoms with Gasteiger partial charge in [0.15, 0.2) is 0 Å². The van der Waals surface area contributed by atoms with Crippen molar-refractivity contribution < 1.29 is 0 Å². The van der Waals surface area contributed by atoms with Crippen LogP contribution in [0.5, 0.6) is 0 Å². The predicted molar refractivity (Wildman–Crippen MR) is 80.1 cm³/mol. The number of H-pyrrole nitrogens is 1. The Bertz CT molecular complexity index is 720. The highest BCUT2D eigenvalue weighted by Gasteiger charge is 2.04. The zero-order chi connectivity index (χ0) is 13.2. The van der Waals surface area contributed by atoms with E-state index in [1.54, 1.807) is 0 Å². The van der Waals surface area contributed by atoms with Gasteiger partial charge in [-0.15, -0.1) is 0 Å². The molecule has 0 spiro atoms. The number of halogens is 1. The van der Waals surface area contributed by atoms with Crippen LogP contribution in [0.2, 0.25) is 0 Å². The van der Waals surface area contributed by atoms with Crippen LogP contribution < -0.4 is 5.32 Å². The van der Waals surface area contributed by atoms with Gasteiger partial charge in [0.25, 0.3) is 0 Å². The third-order valence-electron chi connectivity index (χ3n) is 3.08. The fourth-order valence-corrected chi connectivity index (χ4v) is 2.37. The number of aryl methyl sites for hydroxylation is 1. The molecule has 0 amide bonds. The number of benzene rings is 1. The van der Waals surface area contributed by atoms with Gasteiger partial charge in [0.05, 0.1) is 17.4 Å². The molecule has 4 nitrogen and oxygen atoms in total. The third kappa shape index (κ3) is 2.46. The maximum atomic E-state index is 4.47. The van der Waals surface area contributed by atoms with E-state index >= 15 is 0 Å². The lowest BCUT2D eigenvalue weighted by Gasteiger charge is -2.08. The van der Waals surface area contributed by atoms with E-state index < -0.39 is 0 Å². The van der Waals surface area contributed by atoms with Crippen molar-refractivity contribution in [2.75, 3.05) is 5.32 Å². The van der Waals surface area contributed by atoms with Gasteiger partial charge in [0, 0.05) is 33.9 Å². The first kappa shape index (κ1) is 12.2. The summed E-state index contributed by atoms with van der Waals surface area (Å²) in [6, 6.07) is 8.19. The second kappa shape index (κ2) is 5.01. The minimum atomic E-state index is 0.735. The molecule has 0 atom stereocenters. The summed E-state index contributed by atoms with van der Waals surface area (Å²) in [4.78, 5) is 4.47. The second-order valence-electron chi connectivity index (χ2n) is 4.40. The van der Waals surface area contributed by atoms with Gasteiger partial charge in [-0.1, -0.05) is 12.1 Å². The van der Waals surface area contributed by atoms with Crippen LogP contribution in [-0.2, 0) is 6.54 Å². The van der Waals surface area contributed by atoms with Crippen molar-refractivity contribution >= 4 is 32.5 Å². The molecule has 0 bridgehead atoms. The molecule has 19 heavy (non-hydrogen) atoms. The lowest BCUT2D eigenvalue weighted by atomic mass is 10.2. The molecule has 1 aromatic carbocycles. The minimum Gasteiger partial charge on any atom is -0.379 e. The summed E-state index contributed by atoms with van der Waals surface area (Å²) >= 11 is 3.44. The zero-order valence-corrected chi connectivity index (χ0v) is 12.0. The highest BCUT2D eigenvalue weighted by molar-refractivity contribution is 9.10. The first-order valence-corrected chi connectivity index (χ1v) is 6.80. The van der Waals surface area contributed by atoms with Crippen molar-refractivity contribution in [1.29, 1.82) is 0 Å². The van der Waals surface area contributed by atoms with E-state index in [0.29, 0.717) is 0 Å². The number of aromatic amines is 1. The highest BCUT2D eigenvalue weighted by atomic mass is 79.9. The smallest absolute Gasteiger partial charge is 0.0934 e. The summed E-state index contributed by atoms with van der Waals surface area (Å²) in [6.45, 7) is 2.75. The van der Waals surface area contributed by atoms with Crippen molar-refractivity contribution in [2.24, 2.45) is 0 Å². The lowest BCUT2D eigenvalue weighted by Crippen LogP contribution is -2.01. The number of anilines is 1. The molecule has 5 heteroatoms. The predicted octanol–water partition coefficient (Wildman–Crippen LogP) is 3.64. The van der Waals surface area contributed by atoms with E-state index in [4.69, 9.17) is 0 Å².